The van der Waals surface area contributed by atoms with Gasteiger partial charge < -0.3 is 10.2 Å². The molecule has 1 aromatic heterocycles. The lowest BCUT2D eigenvalue weighted by Crippen LogP contribution is -2.47. The Kier molecular flexibility index (Phi) is 4.90. The largest absolute Gasteiger partial charge is 0.362 e. The molecule has 1 aromatic carbocycles. The lowest BCUT2D eigenvalue weighted by molar-refractivity contribution is 0.0655. The molecule has 1 aliphatic rings. The van der Waals surface area contributed by atoms with Crippen LogP contribution < -0.4 is 5.32 Å². The van der Waals surface area contributed by atoms with E-state index in [1.54, 1.807) is 0 Å². The molecular formula is C19H25N3OS. The molecule has 0 radical (unpaired) electrons. The van der Waals surface area contributed by atoms with Crippen LogP contribution in [0.25, 0.3) is 0 Å². The molecule has 3 rings (SSSR count). The number of carbonyl (C=O) groups is 1. The van der Waals surface area contributed by atoms with Crippen molar-refractivity contribution in [2.45, 2.75) is 39.0 Å². The van der Waals surface area contributed by atoms with Crippen LogP contribution in [0.15, 0.2) is 30.3 Å². The number of nitrogens with zero attached hydrogens (tertiary/aromatic N) is 2. The maximum atomic E-state index is 13.0. The third-order valence-electron chi connectivity index (χ3n) is 4.77. The van der Waals surface area contributed by atoms with Gasteiger partial charge in [-0.15, -0.1) is 0 Å². The van der Waals surface area contributed by atoms with Crippen LogP contribution in [0.1, 0.15) is 47.6 Å². The number of piperidine rings is 1. The molecule has 24 heavy (non-hydrogen) atoms. The van der Waals surface area contributed by atoms with Crippen molar-refractivity contribution in [3.63, 3.8) is 0 Å². The number of rotatable bonds is 4. The molecule has 5 heteroatoms. The molecule has 1 N–H and O–H groups in total. The average molecular weight is 343 g/mol. The molecule has 1 amide bonds. The molecule has 1 atom stereocenters. The van der Waals surface area contributed by atoms with Crippen LogP contribution in [0.5, 0.6) is 0 Å². The standard InChI is InChI=1S/C19H25N3OS/c1-4-20-18-21-14(2)16(24-18)17(23)22-12-8-11-19(3,13-22)15-9-6-5-7-10-15/h5-7,9-10H,4,8,11-13H2,1-3H3,(H,20,21)/t19-/m0/s1. The fraction of sp³-hybridized carbons (Fsp3) is 0.474. The number of carbonyl (C=O) groups excluding carboxylic acids is 1. The van der Waals surface area contributed by atoms with Crippen LogP contribution in [0.2, 0.25) is 0 Å². The van der Waals surface area contributed by atoms with E-state index in [4.69, 9.17) is 0 Å². The van der Waals surface area contributed by atoms with Crippen molar-refractivity contribution < 1.29 is 4.79 Å². The Morgan fingerprint density at radius 1 is 1.38 bits per heavy atom. The van der Waals surface area contributed by atoms with E-state index in [2.05, 4.69) is 41.5 Å². The van der Waals surface area contributed by atoms with Gasteiger partial charge in [-0.25, -0.2) is 4.98 Å². The quantitative estimate of drug-likeness (QED) is 0.910. The highest BCUT2D eigenvalue weighted by atomic mass is 32.1. The Bertz CT molecular complexity index is 713. The second-order valence-electron chi connectivity index (χ2n) is 6.72. The van der Waals surface area contributed by atoms with Crippen LogP contribution in [-0.2, 0) is 5.41 Å². The van der Waals surface area contributed by atoms with E-state index in [1.165, 1.54) is 16.9 Å². The summed E-state index contributed by atoms with van der Waals surface area (Å²) in [6.45, 7) is 8.64. The number of aryl methyl sites for hydroxylation is 1. The van der Waals surface area contributed by atoms with Crippen LogP contribution in [0, 0.1) is 6.92 Å². The van der Waals surface area contributed by atoms with Gasteiger partial charge in [-0.2, -0.15) is 0 Å². The van der Waals surface area contributed by atoms with Crippen LogP contribution in [0.4, 0.5) is 5.13 Å². The predicted molar refractivity (Wildman–Crippen MR) is 99.9 cm³/mol. The summed E-state index contributed by atoms with van der Waals surface area (Å²) in [5, 5.41) is 4.04. The number of hydrogen-bond donors (Lipinski definition) is 1. The van der Waals surface area contributed by atoms with E-state index in [1.807, 2.05) is 24.8 Å². The minimum Gasteiger partial charge on any atom is -0.362 e. The van der Waals surface area contributed by atoms with Gasteiger partial charge in [0.1, 0.15) is 4.88 Å². The lowest BCUT2D eigenvalue weighted by atomic mass is 9.76. The molecule has 1 saturated heterocycles. The zero-order chi connectivity index (χ0) is 17.2. The zero-order valence-corrected chi connectivity index (χ0v) is 15.4. The maximum absolute atomic E-state index is 13.0. The monoisotopic (exact) mass is 343 g/mol. The highest BCUT2D eigenvalue weighted by molar-refractivity contribution is 7.17. The molecule has 0 unspecified atom stereocenters. The summed E-state index contributed by atoms with van der Waals surface area (Å²) in [7, 11) is 0. The fourth-order valence-electron chi connectivity index (χ4n) is 3.45. The number of amides is 1. The van der Waals surface area contributed by atoms with Gasteiger partial charge in [0.05, 0.1) is 5.69 Å². The molecule has 0 spiro atoms. The van der Waals surface area contributed by atoms with Gasteiger partial charge in [0.15, 0.2) is 5.13 Å². The first-order valence-corrected chi connectivity index (χ1v) is 9.41. The first-order chi connectivity index (χ1) is 11.5. The van der Waals surface area contributed by atoms with Gasteiger partial charge in [-0.05, 0) is 32.3 Å². The summed E-state index contributed by atoms with van der Waals surface area (Å²) in [5.41, 5.74) is 2.17. The third-order valence-corrected chi connectivity index (χ3v) is 5.88. The predicted octanol–water partition coefficient (Wildman–Crippen LogP) is 4.08. The van der Waals surface area contributed by atoms with E-state index < -0.39 is 0 Å². The summed E-state index contributed by atoms with van der Waals surface area (Å²) >= 11 is 1.47. The Morgan fingerprint density at radius 2 is 2.12 bits per heavy atom. The summed E-state index contributed by atoms with van der Waals surface area (Å²) in [6, 6.07) is 10.6. The van der Waals surface area contributed by atoms with Gasteiger partial charge in [-0.1, -0.05) is 48.6 Å². The summed E-state index contributed by atoms with van der Waals surface area (Å²) in [5.74, 6) is 0.121. The van der Waals surface area contributed by atoms with E-state index in [0.29, 0.717) is 0 Å². The van der Waals surface area contributed by atoms with Crippen molar-refractivity contribution in [2.75, 3.05) is 25.0 Å². The normalized spacial score (nSPS) is 20.9. The Labute approximate surface area is 147 Å². The van der Waals surface area contributed by atoms with Crippen molar-refractivity contribution in [1.82, 2.24) is 9.88 Å². The molecule has 0 bridgehead atoms. The van der Waals surface area contributed by atoms with Crippen LogP contribution >= 0.6 is 11.3 Å². The molecular weight excluding hydrogens is 318 g/mol. The number of anilines is 1. The SMILES string of the molecule is CCNc1nc(C)c(C(=O)N2CCC[C@](C)(c3ccccc3)C2)s1. The van der Waals surface area contributed by atoms with Gasteiger partial charge in [0, 0.05) is 25.0 Å². The van der Waals surface area contributed by atoms with Gasteiger partial charge in [0.25, 0.3) is 5.91 Å². The van der Waals surface area contributed by atoms with Crippen molar-refractivity contribution in [2.24, 2.45) is 0 Å². The molecule has 4 nitrogen and oxygen atoms in total. The summed E-state index contributed by atoms with van der Waals surface area (Å²) in [6.07, 6.45) is 2.15. The Balaban J connectivity index is 1.81. The first kappa shape index (κ1) is 17.0. The summed E-state index contributed by atoms with van der Waals surface area (Å²) in [4.78, 5) is 20.3. The van der Waals surface area contributed by atoms with Crippen molar-refractivity contribution in [3.8, 4) is 0 Å². The average Bonchev–Trinajstić information content (AvgIpc) is 2.96. The first-order valence-electron chi connectivity index (χ1n) is 8.59. The molecule has 2 heterocycles. The number of aromatic nitrogens is 1. The fourth-order valence-corrected chi connectivity index (χ4v) is 4.46. The van der Waals surface area contributed by atoms with E-state index in [-0.39, 0.29) is 11.3 Å². The van der Waals surface area contributed by atoms with Gasteiger partial charge >= 0.3 is 0 Å². The smallest absolute Gasteiger partial charge is 0.265 e. The number of benzene rings is 1. The van der Waals surface area contributed by atoms with Crippen LogP contribution in [-0.4, -0.2) is 35.4 Å². The number of hydrogen-bond acceptors (Lipinski definition) is 4. The molecule has 0 saturated carbocycles. The van der Waals surface area contributed by atoms with Crippen LogP contribution in [0.3, 0.4) is 0 Å². The van der Waals surface area contributed by atoms with E-state index >= 15 is 0 Å². The van der Waals surface area contributed by atoms with Crippen molar-refractivity contribution in [3.05, 3.63) is 46.5 Å². The Hall–Kier alpha value is -1.88. The zero-order valence-electron chi connectivity index (χ0n) is 14.6. The molecule has 2 aromatic rings. The summed E-state index contributed by atoms with van der Waals surface area (Å²) < 4.78 is 0. The number of thiazole rings is 1. The van der Waals surface area contributed by atoms with E-state index in [0.717, 1.165) is 48.2 Å². The second-order valence-corrected chi connectivity index (χ2v) is 7.72. The number of nitrogens with one attached hydrogen (secondary N) is 1. The Morgan fingerprint density at radius 3 is 2.83 bits per heavy atom. The minimum atomic E-state index is 0.0261. The highest BCUT2D eigenvalue weighted by Crippen LogP contribution is 2.35. The molecule has 0 aliphatic carbocycles. The second kappa shape index (κ2) is 6.93. The van der Waals surface area contributed by atoms with Crippen molar-refractivity contribution >= 4 is 22.4 Å². The van der Waals surface area contributed by atoms with Gasteiger partial charge in [0.2, 0.25) is 0 Å². The lowest BCUT2D eigenvalue weighted by Gasteiger charge is -2.40. The van der Waals surface area contributed by atoms with E-state index in [9.17, 15) is 4.79 Å². The molecule has 1 fully saturated rings. The third kappa shape index (κ3) is 3.31. The highest BCUT2D eigenvalue weighted by Gasteiger charge is 2.35. The van der Waals surface area contributed by atoms with Crippen molar-refractivity contribution in [1.29, 1.82) is 0 Å². The van der Waals surface area contributed by atoms with Gasteiger partial charge in [-0.3, -0.25) is 4.79 Å². The topological polar surface area (TPSA) is 45.2 Å². The maximum Gasteiger partial charge on any atom is 0.265 e. The molecule has 128 valence electrons. The number of likely N-dealkylation sites (tertiary alicyclic amines) is 1. The molecule has 1 aliphatic heterocycles. The minimum absolute atomic E-state index is 0.0261.